The summed E-state index contributed by atoms with van der Waals surface area (Å²) in [5, 5.41) is 0. The first-order valence-corrected chi connectivity index (χ1v) is 8.07. The molecule has 1 heterocycles. The third kappa shape index (κ3) is 2.87. The van der Waals surface area contributed by atoms with E-state index in [0.29, 0.717) is 12.1 Å². The first-order valence-electron chi connectivity index (χ1n) is 6.20. The second kappa shape index (κ2) is 5.84. The molecule has 4 nitrogen and oxygen atoms in total. The van der Waals surface area contributed by atoms with Crippen LogP contribution in [0.3, 0.4) is 0 Å². The molecular weight excluding hydrogens is 449 g/mol. The maximum absolute atomic E-state index is 12.0. The highest BCUT2D eigenvalue weighted by atomic mass is 127. The summed E-state index contributed by atoms with van der Waals surface area (Å²) in [6.45, 7) is 0.453. The average molecular weight is 460 g/mol. The molecule has 108 valence electrons. The highest BCUT2D eigenvalue weighted by molar-refractivity contribution is 14.1. The van der Waals surface area contributed by atoms with E-state index in [-0.39, 0.29) is 5.76 Å². The van der Waals surface area contributed by atoms with Gasteiger partial charge in [-0.1, -0.05) is 6.07 Å². The minimum atomic E-state index is -0.348. The fourth-order valence-electron chi connectivity index (χ4n) is 2.18. The molecule has 0 saturated heterocycles. The minimum absolute atomic E-state index is 0.348. The van der Waals surface area contributed by atoms with Gasteiger partial charge in [0.05, 0.1) is 23.6 Å². The lowest BCUT2D eigenvalue weighted by Crippen LogP contribution is -2.14. The molecule has 0 N–H and O–H groups in total. The number of nitrogens with zero attached hydrogens (tertiary/aromatic N) is 1. The van der Waals surface area contributed by atoms with E-state index >= 15 is 0 Å². The predicted molar refractivity (Wildman–Crippen MR) is 93.0 cm³/mol. The first kappa shape index (κ1) is 14.6. The molecule has 0 unspecified atom stereocenters. The number of hydrogen-bond acceptors (Lipinski definition) is 3. The Hall–Kier alpha value is -1.28. The summed E-state index contributed by atoms with van der Waals surface area (Å²) in [6, 6.07) is 11.5. The van der Waals surface area contributed by atoms with E-state index in [1.165, 1.54) is 0 Å². The number of oxazole rings is 1. The van der Waals surface area contributed by atoms with E-state index in [2.05, 4.69) is 38.5 Å². The topological polar surface area (TPSA) is 44.4 Å². The van der Waals surface area contributed by atoms with Crippen molar-refractivity contribution in [2.45, 2.75) is 6.54 Å². The van der Waals surface area contributed by atoms with E-state index in [4.69, 9.17) is 9.15 Å². The highest BCUT2D eigenvalue weighted by Crippen LogP contribution is 2.26. The predicted octanol–water partition coefficient (Wildman–Crippen LogP) is 4.02. The average Bonchev–Trinajstić information content (AvgIpc) is 2.74. The third-order valence-corrected chi connectivity index (χ3v) is 4.48. The van der Waals surface area contributed by atoms with Crippen molar-refractivity contribution in [2.24, 2.45) is 0 Å². The molecule has 0 aliphatic carbocycles. The molecule has 0 bridgehead atoms. The van der Waals surface area contributed by atoms with E-state index in [0.717, 1.165) is 24.9 Å². The number of aromatic nitrogens is 1. The molecule has 0 atom stereocenters. The number of halogens is 2. The van der Waals surface area contributed by atoms with Gasteiger partial charge < -0.3 is 9.15 Å². The molecule has 0 amide bonds. The van der Waals surface area contributed by atoms with Gasteiger partial charge in [-0.3, -0.25) is 4.57 Å². The smallest absolute Gasteiger partial charge is 0.420 e. The van der Waals surface area contributed by atoms with Crippen molar-refractivity contribution in [3.05, 3.63) is 60.6 Å². The van der Waals surface area contributed by atoms with E-state index in [1.807, 2.05) is 36.4 Å². The van der Waals surface area contributed by atoms with E-state index in [9.17, 15) is 4.79 Å². The first-order chi connectivity index (χ1) is 10.1. The Morgan fingerprint density at radius 1 is 1.29 bits per heavy atom. The minimum Gasteiger partial charge on any atom is -0.496 e. The molecule has 0 aliphatic rings. The molecule has 3 aromatic rings. The lowest BCUT2D eigenvalue weighted by molar-refractivity contribution is 0.412. The molecule has 0 spiro atoms. The number of rotatable bonds is 3. The number of fused-ring (bicyclic) bond motifs is 1. The van der Waals surface area contributed by atoms with Crippen LogP contribution in [0.15, 0.2) is 50.1 Å². The number of hydrogen-bond donors (Lipinski definition) is 0. The maximum Gasteiger partial charge on any atom is 0.420 e. The van der Waals surface area contributed by atoms with Crippen LogP contribution >= 0.6 is 38.5 Å². The van der Waals surface area contributed by atoms with Gasteiger partial charge in [-0.15, -0.1) is 0 Å². The van der Waals surface area contributed by atoms with Crippen LogP contribution in [0, 0.1) is 3.57 Å². The Bertz CT molecular complexity index is 869. The molecule has 1 aromatic heterocycles. The van der Waals surface area contributed by atoms with Crippen molar-refractivity contribution < 1.29 is 9.15 Å². The lowest BCUT2D eigenvalue weighted by atomic mass is 10.2. The number of methoxy groups -OCH3 is 1. The maximum atomic E-state index is 12.0. The Kier molecular flexibility index (Phi) is 4.08. The number of ether oxygens (including phenoxy) is 1. The molecule has 0 aliphatic heterocycles. The Morgan fingerprint density at radius 3 is 2.81 bits per heavy atom. The summed E-state index contributed by atoms with van der Waals surface area (Å²) in [5.41, 5.74) is 2.40. The van der Waals surface area contributed by atoms with E-state index in [1.54, 1.807) is 11.7 Å². The quantitative estimate of drug-likeness (QED) is 0.555. The summed E-state index contributed by atoms with van der Waals surface area (Å²) in [7, 11) is 1.62. The Labute approximate surface area is 143 Å². The van der Waals surface area contributed by atoms with Crippen LogP contribution in [0.2, 0.25) is 0 Å². The summed E-state index contributed by atoms with van der Waals surface area (Å²) >= 11 is 5.65. The summed E-state index contributed by atoms with van der Waals surface area (Å²) in [6.07, 6.45) is 0. The highest BCUT2D eigenvalue weighted by Gasteiger charge is 2.11. The fourth-order valence-corrected chi connectivity index (χ4v) is 3.23. The molecule has 0 saturated carbocycles. The van der Waals surface area contributed by atoms with Crippen LogP contribution in [-0.4, -0.2) is 11.7 Å². The van der Waals surface area contributed by atoms with Gasteiger partial charge >= 0.3 is 5.76 Å². The van der Waals surface area contributed by atoms with Crippen LogP contribution in [0.1, 0.15) is 5.56 Å². The zero-order chi connectivity index (χ0) is 15.0. The molecule has 0 fully saturated rings. The van der Waals surface area contributed by atoms with Gasteiger partial charge in [-0.25, -0.2) is 4.79 Å². The van der Waals surface area contributed by atoms with Crippen molar-refractivity contribution in [3.8, 4) is 5.75 Å². The zero-order valence-electron chi connectivity index (χ0n) is 11.1. The molecular formula is C15H11BrINO3. The SMILES string of the molecule is COc1ccc(Cn2c(=O)oc3cc(I)ccc32)cc1Br. The van der Waals surface area contributed by atoms with Crippen LogP contribution in [0.5, 0.6) is 5.75 Å². The van der Waals surface area contributed by atoms with Crippen molar-refractivity contribution >= 4 is 49.6 Å². The van der Waals surface area contributed by atoms with Gasteiger partial charge in [0.2, 0.25) is 0 Å². The van der Waals surface area contributed by atoms with Gasteiger partial charge in [-0.05, 0) is 74.4 Å². The standard InChI is InChI=1S/C15H11BrINO3/c1-20-13-5-2-9(6-11(13)16)8-18-12-4-3-10(17)7-14(12)21-15(18)19/h2-7H,8H2,1H3. The Balaban J connectivity index is 2.04. The van der Waals surface area contributed by atoms with Crippen LogP contribution < -0.4 is 10.5 Å². The molecule has 3 rings (SSSR count). The summed E-state index contributed by atoms with van der Waals surface area (Å²) < 4.78 is 14.0. The lowest BCUT2D eigenvalue weighted by Gasteiger charge is -2.07. The van der Waals surface area contributed by atoms with Gasteiger partial charge in [0, 0.05) is 3.57 Å². The van der Waals surface area contributed by atoms with E-state index < -0.39 is 0 Å². The summed E-state index contributed by atoms with van der Waals surface area (Å²) in [4.78, 5) is 12.0. The van der Waals surface area contributed by atoms with Crippen LogP contribution in [-0.2, 0) is 6.54 Å². The zero-order valence-corrected chi connectivity index (χ0v) is 14.8. The largest absolute Gasteiger partial charge is 0.496 e. The van der Waals surface area contributed by atoms with Crippen molar-refractivity contribution in [2.75, 3.05) is 7.11 Å². The molecule has 2 aromatic carbocycles. The normalized spacial score (nSPS) is 11.0. The molecule has 6 heteroatoms. The van der Waals surface area contributed by atoms with Crippen LogP contribution in [0.25, 0.3) is 11.1 Å². The van der Waals surface area contributed by atoms with Gasteiger partial charge in [0.15, 0.2) is 5.58 Å². The second-order valence-electron chi connectivity index (χ2n) is 4.54. The third-order valence-electron chi connectivity index (χ3n) is 3.19. The van der Waals surface area contributed by atoms with Crippen molar-refractivity contribution in [3.63, 3.8) is 0 Å². The number of benzene rings is 2. The molecule has 0 radical (unpaired) electrons. The monoisotopic (exact) mass is 459 g/mol. The van der Waals surface area contributed by atoms with Gasteiger partial charge in [0.1, 0.15) is 5.75 Å². The molecule has 21 heavy (non-hydrogen) atoms. The van der Waals surface area contributed by atoms with Crippen molar-refractivity contribution in [1.82, 2.24) is 4.57 Å². The summed E-state index contributed by atoms with van der Waals surface area (Å²) in [5.74, 6) is 0.414. The fraction of sp³-hybridized carbons (Fsp3) is 0.133. The Morgan fingerprint density at radius 2 is 2.10 bits per heavy atom. The van der Waals surface area contributed by atoms with Gasteiger partial charge in [-0.2, -0.15) is 0 Å². The second-order valence-corrected chi connectivity index (χ2v) is 6.64. The van der Waals surface area contributed by atoms with Crippen LogP contribution in [0.4, 0.5) is 0 Å². The van der Waals surface area contributed by atoms with Gasteiger partial charge in [0.25, 0.3) is 0 Å². The van der Waals surface area contributed by atoms with Crippen molar-refractivity contribution in [1.29, 1.82) is 0 Å².